The number of ketones is 1. The number of halogens is 1. The Bertz CT molecular complexity index is 644. The number of carbonyl (C=O) groups is 1. The summed E-state index contributed by atoms with van der Waals surface area (Å²) in [5.74, 6) is -0.198. The highest BCUT2D eigenvalue weighted by Gasteiger charge is 2.29. The minimum atomic E-state index is -0.440. The summed E-state index contributed by atoms with van der Waals surface area (Å²) in [5.41, 5.74) is 2.33. The smallest absolute Gasteiger partial charge is 0.189 e. The van der Waals surface area contributed by atoms with Gasteiger partial charge in [0.05, 0.1) is 18.7 Å². The van der Waals surface area contributed by atoms with Crippen LogP contribution in [0.2, 0.25) is 0 Å². The zero-order valence-electron chi connectivity index (χ0n) is 11.0. The third-order valence-corrected chi connectivity index (χ3v) is 3.51. The van der Waals surface area contributed by atoms with Crippen LogP contribution in [-0.2, 0) is 6.42 Å². The second-order valence-corrected chi connectivity index (χ2v) is 4.77. The van der Waals surface area contributed by atoms with E-state index in [1.807, 2.05) is 24.3 Å². The van der Waals surface area contributed by atoms with Crippen LogP contribution in [0.1, 0.15) is 15.9 Å². The molecule has 1 aliphatic heterocycles. The topological polar surface area (TPSA) is 38.3 Å². The molecule has 0 aliphatic carbocycles. The molecule has 4 heteroatoms. The van der Waals surface area contributed by atoms with Crippen LogP contribution >= 0.6 is 0 Å². The van der Waals surface area contributed by atoms with E-state index in [1.165, 1.54) is 25.3 Å². The molecule has 20 heavy (non-hydrogen) atoms. The van der Waals surface area contributed by atoms with Crippen LogP contribution in [0, 0.1) is 5.82 Å². The molecule has 0 saturated carbocycles. The van der Waals surface area contributed by atoms with Crippen LogP contribution in [0.4, 0.5) is 10.1 Å². The molecular formula is C16H14FNO2. The Morgan fingerprint density at radius 3 is 2.85 bits per heavy atom. The Balaban J connectivity index is 1.90. The number of fused-ring (bicyclic) bond motifs is 1. The van der Waals surface area contributed by atoms with Gasteiger partial charge in [0.1, 0.15) is 11.6 Å². The maximum absolute atomic E-state index is 13.4. The zero-order valence-corrected chi connectivity index (χ0v) is 11.0. The number of benzene rings is 2. The molecule has 0 spiro atoms. The largest absolute Gasteiger partial charge is 0.496 e. The van der Waals surface area contributed by atoms with Crippen molar-refractivity contribution in [1.82, 2.24) is 0 Å². The quantitative estimate of drug-likeness (QED) is 0.872. The van der Waals surface area contributed by atoms with Gasteiger partial charge in [-0.05, 0) is 29.8 Å². The third kappa shape index (κ3) is 2.13. The number of nitrogens with one attached hydrogen (secondary N) is 1. The fraction of sp³-hybridized carbons (Fsp3) is 0.188. The van der Waals surface area contributed by atoms with Crippen molar-refractivity contribution in [2.24, 2.45) is 0 Å². The second-order valence-electron chi connectivity index (χ2n) is 4.77. The summed E-state index contributed by atoms with van der Waals surface area (Å²) in [6, 6.07) is 11.4. The van der Waals surface area contributed by atoms with Crippen molar-refractivity contribution in [3.8, 4) is 5.75 Å². The average Bonchev–Trinajstić information content (AvgIpc) is 2.90. The molecule has 0 fully saturated rings. The first kappa shape index (κ1) is 12.7. The minimum absolute atomic E-state index is 0.155. The molecule has 0 radical (unpaired) electrons. The van der Waals surface area contributed by atoms with E-state index in [9.17, 15) is 9.18 Å². The molecule has 102 valence electrons. The zero-order chi connectivity index (χ0) is 14.1. The second kappa shape index (κ2) is 4.96. The standard InChI is InChI=1S/C16H14FNO2/c1-20-15-7-6-11(17)9-12(15)16(19)14-8-10-4-2-3-5-13(10)18-14/h2-7,9,14,18H,8H2,1H3. The maximum atomic E-state index is 13.4. The van der Waals surface area contributed by atoms with Crippen molar-refractivity contribution in [3.05, 3.63) is 59.4 Å². The minimum Gasteiger partial charge on any atom is -0.496 e. The molecule has 1 atom stereocenters. The molecule has 3 nitrogen and oxygen atoms in total. The van der Waals surface area contributed by atoms with Gasteiger partial charge in [-0.2, -0.15) is 0 Å². The Labute approximate surface area is 116 Å². The molecule has 0 bridgehead atoms. The molecule has 3 rings (SSSR count). The number of para-hydroxylation sites is 1. The predicted octanol–water partition coefficient (Wildman–Crippen LogP) is 3.05. The van der Waals surface area contributed by atoms with Crippen molar-refractivity contribution in [2.75, 3.05) is 12.4 Å². The maximum Gasteiger partial charge on any atom is 0.189 e. The van der Waals surface area contributed by atoms with E-state index >= 15 is 0 Å². The number of Topliss-reactive ketones (excluding diaryl/α,β-unsaturated/α-hetero) is 1. The van der Waals surface area contributed by atoms with Crippen molar-refractivity contribution in [1.29, 1.82) is 0 Å². The molecule has 1 aliphatic rings. The van der Waals surface area contributed by atoms with Crippen LogP contribution in [-0.4, -0.2) is 18.9 Å². The van der Waals surface area contributed by atoms with Crippen molar-refractivity contribution < 1.29 is 13.9 Å². The Morgan fingerprint density at radius 2 is 2.10 bits per heavy atom. The first-order valence-electron chi connectivity index (χ1n) is 6.41. The lowest BCUT2D eigenvalue weighted by Crippen LogP contribution is -2.27. The molecule has 1 heterocycles. The molecule has 0 amide bonds. The predicted molar refractivity (Wildman–Crippen MR) is 74.8 cm³/mol. The van der Waals surface area contributed by atoms with Crippen LogP contribution in [0.3, 0.4) is 0 Å². The molecule has 0 saturated heterocycles. The highest BCUT2D eigenvalue weighted by molar-refractivity contribution is 6.04. The first-order chi connectivity index (χ1) is 9.69. The van der Waals surface area contributed by atoms with Crippen molar-refractivity contribution >= 4 is 11.5 Å². The van der Waals surface area contributed by atoms with Gasteiger partial charge in [0, 0.05) is 12.1 Å². The van der Waals surface area contributed by atoms with E-state index in [4.69, 9.17) is 4.74 Å². The Hall–Kier alpha value is -2.36. The highest BCUT2D eigenvalue weighted by Crippen LogP contribution is 2.29. The number of carbonyl (C=O) groups excluding carboxylic acids is 1. The van der Waals surface area contributed by atoms with Gasteiger partial charge in [0.25, 0.3) is 0 Å². The average molecular weight is 271 g/mol. The molecule has 1 N–H and O–H groups in total. The van der Waals surface area contributed by atoms with Gasteiger partial charge in [-0.25, -0.2) is 4.39 Å². The molecule has 2 aromatic rings. The molecular weight excluding hydrogens is 257 g/mol. The SMILES string of the molecule is COc1ccc(F)cc1C(=O)C1Cc2ccccc2N1. The lowest BCUT2D eigenvalue weighted by atomic mass is 10.00. The summed E-state index contributed by atoms with van der Waals surface area (Å²) < 4.78 is 18.5. The van der Waals surface area contributed by atoms with Gasteiger partial charge in [-0.3, -0.25) is 4.79 Å². The fourth-order valence-corrected chi connectivity index (χ4v) is 2.52. The number of methoxy groups -OCH3 is 1. The van der Waals surface area contributed by atoms with Gasteiger partial charge in [0.15, 0.2) is 5.78 Å². The number of hydrogen-bond donors (Lipinski definition) is 1. The lowest BCUT2D eigenvalue weighted by Gasteiger charge is -2.13. The molecule has 2 aromatic carbocycles. The summed E-state index contributed by atoms with van der Waals surface area (Å²) in [5, 5.41) is 3.18. The number of rotatable bonds is 3. The van der Waals surface area contributed by atoms with Gasteiger partial charge in [0.2, 0.25) is 0 Å². The summed E-state index contributed by atoms with van der Waals surface area (Å²) in [7, 11) is 1.47. The van der Waals surface area contributed by atoms with E-state index < -0.39 is 5.82 Å². The number of ether oxygens (including phenoxy) is 1. The van der Waals surface area contributed by atoms with Crippen LogP contribution in [0.5, 0.6) is 5.75 Å². The summed E-state index contributed by atoms with van der Waals surface area (Å²) in [6.07, 6.45) is 0.606. The first-order valence-corrected chi connectivity index (χ1v) is 6.41. The third-order valence-electron chi connectivity index (χ3n) is 3.51. The number of anilines is 1. The van der Waals surface area contributed by atoms with Gasteiger partial charge in [-0.15, -0.1) is 0 Å². The van der Waals surface area contributed by atoms with Gasteiger partial charge >= 0.3 is 0 Å². The summed E-state index contributed by atoms with van der Waals surface area (Å²) in [4.78, 5) is 12.5. The van der Waals surface area contributed by atoms with E-state index in [-0.39, 0.29) is 17.4 Å². The Kier molecular flexibility index (Phi) is 3.14. The van der Waals surface area contributed by atoms with E-state index in [1.54, 1.807) is 0 Å². The number of hydrogen-bond acceptors (Lipinski definition) is 3. The summed E-state index contributed by atoms with van der Waals surface area (Å²) in [6.45, 7) is 0. The van der Waals surface area contributed by atoms with Crippen LogP contribution < -0.4 is 10.1 Å². The Morgan fingerprint density at radius 1 is 1.30 bits per heavy atom. The monoisotopic (exact) mass is 271 g/mol. The van der Waals surface area contributed by atoms with Crippen molar-refractivity contribution in [2.45, 2.75) is 12.5 Å². The van der Waals surface area contributed by atoms with E-state index in [0.29, 0.717) is 12.2 Å². The van der Waals surface area contributed by atoms with Gasteiger partial charge < -0.3 is 10.1 Å². The lowest BCUT2D eigenvalue weighted by molar-refractivity contribution is 0.0968. The van der Waals surface area contributed by atoms with E-state index in [0.717, 1.165) is 11.3 Å². The van der Waals surface area contributed by atoms with Gasteiger partial charge in [-0.1, -0.05) is 18.2 Å². The highest BCUT2D eigenvalue weighted by atomic mass is 19.1. The van der Waals surface area contributed by atoms with Crippen LogP contribution in [0.25, 0.3) is 0 Å². The fourth-order valence-electron chi connectivity index (χ4n) is 2.52. The molecule has 0 aromatic heterocycles. The normalized spacial score (nSPS) is 16.4. The molecule has 1 unspecified atom stereocenters. The summed E-state index contributed by atoms with van der Waals surface area (Å²) >= 11 is 0. The van der Waals surface area contributed by atoms with E-state index in [2.05, 4.69) is 5.32 Å². The van der Waals surface area contributed by atoms with Crippen molar-refractivity contribution in [3.63, 3.8) is 0 Å². The van der Waals surface area contributed by atoms with Crippen LogP contribution in [0.15, 0.2) is 42.5 Å².